The molecule has 0 atom stereocenters. The summed E-state index contributed by atoms with van der Waals surface area (Å²) in [6.07, 6.45) is 3.48. The van der Waals surface area contributed by atoms with Gasteiger partial charge in [-0.1, -0.05) is 29.4 Å². The maximum atomic E-state index is 11.0. The van der Waals surface area contributed by atoms with Crippen LogP contribution in [0.15, 0.2) is 29.4 Å². The van der Waals surface area contributed by atoms with Gasteiger partial charge in [0, 0.05) is 11.8 Å². The topological polar surface area (TPSA) is 38.7 Å². The number of benzene rings is 1. The van der Waals surface area contributed by atoms with Gasteiger partial charge in [-0.05, 0) is 25.3 Å². The van der Waals surface area contributed by atoms with Crippen molar-refractivity contribution in [2.24, 2.45) is 5.16 Å². The summed E-state index contributed by atoms with van der Waals surface area (Å²) in [6.45, 7) is 1.57. The smallest absolute Gasteiger partial charge is 0.159 e. The second-order valence-corrected chi connectivity index (χ2v) is 3.26. The normalized spacial score (nSPS) is 10.5. The zero-order chi connectivity index (χ0) is 11.1. The molecule has 0 radical (unpaired) electrons. The third-order valence-electron chi connectivity index (χ3n) is 2.10. The molecule has 1 aromatic rings. The minimum atomic E-state index is 0.0995. The summed E-state index contributed by atoms with van der Waals surface area (Å²) in [5, 5.41) is 3.65. The van der Waals surface area contributed by atoms with E-state index in [1.54, 1.807) is 13.1 Å². The molecule has 15 heavy (non-hydrogen) atoms. The van der Waals surface area contributed by atoms with Crippen molar-refractivity contribution in [1.82, 2.24) is 0 Å². The van der Waals surface area contributed by atoms with Crippen LogP contribution in [-0.4, -0.2) is 19.1 Å². The molecule has 3 heteroatoms. The predicted octanol–water partition coefficient (Wildman–Crippen LogP) is 2.45. The highest BCUT2D eigenvalue weighted by molar-refractivity contribution is 5.94. The van der Waals surface area contributed by atoms with Gasteiger partial charge in [-0.15, -0.1) is 0 Å². The summed E-state index contributed by atoms with van der Waals surface area (Å²) >= 11 is 0. The first kappa shape index (κ1) is 11.4. The van der Waals surface area contributed by atoms with E-state index in [0.717, 1.165) is 18.4 Å². The molecule has 0 aromatic heterocycles. The van der Waals surface area contributed by atoms with E-state index in [4.69, 9.17) is 0 Å². The summed E-state index contributed by atoms with van der Waals surface area (Å²) in [5.41, 5.74) is 1.95. The first-order valence-corrected chi connectivity index (χ1v) is 4.89. The third-order valence-corrected chi connectivity index (χ3v) is 2.10. The Kier molecular flexibility index (Phi) is 4.54. The maximum absolute atomic E-state index is 11.0. The van der Waals surface area contributed by atoms with E-state index in [-0.39, 0.29) is 5.78 Å². The van der Waals surface area contributed by atoms with Crippen molar-refractivity contribution in [2.45, 2.75) is 19.8 Å². The van der Waals surface area contributed by atoms with Crippen molar-refractivity contribution < 1.29 is 9.63 Å². The predicted molar refractivity (Wildman–Crippen MR) is 60.3 cm³/mol. The molecule has 0 saturated heterocycles. The number of carbonyl (C=O) groups is 1. The number of ketones is 1. The molecule has 0 N–H and O–H groups in total. The summed E-state index contributed by atoms with van der Waals surface area (Å²) in [4.78, 5) is 15.6. The van der Waals surface area contributed by atoms with Crippen LogP contribution in [0.4, 0.5) is 0 Å². The van der Waals surface area contributed by atoms with Crippen LogP contribution >= 0.6 is 0 Å². The van der Waals surface area contributed by atoms with Gasteiger partial charge in [-0.3, -0.25) is 4.79 Å². The number of hydrogen-bond donors (Lipinski definition) is 0. The molecule has 0 aliphatic rings. The summed E-state index contributed by atoms with van der Waals surface area (Å²) in [6, 6.07) is 7.64. The van der Waals surface area contributed by atoms with Gasteiger partial charge in [0.15, 0.2) is 5.78 Å². The van der Waals surface area contributed by atoms with Crippen LogP contribution < -0.4 is 0 Å². The summed E-state index contributed by atoms with van der Waals surface area (Å²) in [5.74, 6) is 0.0995. The van der Waals surface area contributed by atoms with Gasteiger partial charge in [-0.2, -0.15) is 0 Å². The van der Waals surface area contributed by atoms with Crippen LogP contribution in [0.1, 0.15) is 29.3 Å². The fraction of sp³-hybridized carbons (Fsp3) is 0.333. The molecule has 0 aliphatic carbocycles. The second kappa shape index (κ2) is 5.96. The van der Waals surface area contributed by atoms with E-state index in [9.17, 15) is 4.79 Å². The van der Waals surface area contributed by atoms with Crippen molar-refractivity contribution in [3.05, 3.63) is 35.4 Å². The zero-order valence-corrected chi connectivity index (χ0v) is 9.06. The van der Waals surface area contributed by atoms with Crippen LogP contribution in [0.5, 0.6) is 0 Å². The van der Waals surface area contributed by atoms with Crippen LogP contribution in [0.25, 0.3) is 0 Å². The summed E-state index contributed by atoms with van der Waals surface area (Å²) < 4.78 is 0. The van der Waals surface area contributed by atoms with Crippen molar-refractivity contribution in [3.63, 3.8) is 0 Å². The van der Waals surface area contributed by atoms with E-state index in [1.807, 2.05) is 24.3 Å². The molecule has 0 unspecified atom stereocenters. The number of oxime groups is 1. The second-order valence-electron chi connectivity index (χ2n) is 3.26. The fourth-order valence-electron chi connectivity index (χ4n) is 1.26. The van der Waals surface area contributed by atoms with Gasteiger partial charge >= 0.3 is 0 Å². The Hall–Kier alpha value is -1.64. The summed E-state index contributed by atoms with van der Waals surface area (Å²) in [7, 11) is 1.53. The SMILES string of the molecule is CO/N=C/CCc1ccc(C(C)=O)cc1. The van der Waals surface area contributed by atoms with Crippen molar-refractivity contribution in [1.29, 1.82) is 0 Å². The first-order valence-electron chi connectivity index (χ1n) is 4.89. The zero-order valence-electron chi connectivity index (χ0n) is 9.06. The van der Waals surface area contributed by atoms with Gasteiger partial charge in [0.25, 0.3) is 0 Å². The Labute approximate surface area is 89.7 Å². The molecule has 1 rings (SSSR count). The maximum Gasteiger partial charge on any atom is 0.159 e. The molecule has 0 spiro atoms. The Morgan fingerprint density at radius 1 is 1.40 bits per heavy atom. The van der Waals surface area contributed by atoms with E-state index in [0.29, 0.717) is 0 Å². The number of nitrogens with zero attached hydrogens (tertiary/aromatic N) is 1. The van der Waals surface area contributed by atoms with Gasteiger partial charge in [-0.25, -0.2) is 0 Å². The minimum absolute atomic E-state index is 0.0995. The lowest BCUT2D eigenvalue weighted by atomic mass is 10.1. The minimum Gasteiger partial charge on any atom is -0.399 e. The Bertz CT molecular complexity index is 341. The quantitative estimate of drug-likeness (QED) is 0.420. The van der Waals surface area contributed by atoms with Crippen molar-refractivity contribution in [2.75, 3.05) is 7.11 Å². The number of aryl methyl sites for hydroxylation is 1. The van der Waals surface area contributed by atoms with E-state index in [2.05, 4.69) is 9.99 Å². The van der Waals surface area contributed by atoms with Crippen LogP contribution in [-0.2, 0) is 11.3 Å². The first-order chi connectivity index (χ1) is 7.24. The van der Waals surface area contributed by atoms with Crippen molar-refractivity contribution >= 4 is 12.0 Å². The van der Waals surface area contributed by atoms with Crippen LogP contribution in [0.3, 0.4) is 0 Å². The average molecular weight is 205 g/mol. The van der Waals surface area contributed by atoms with E-state index in [1.165, 1.54) is 12.7 Å². The van der Waals surface area contributed by atoms with Gasteiger partial charge in [0.1, 0.15) is 7.11 Å². The molecule has 1 aromatic carbocycles. The average Bonchev–Trinajstić information content (AvgIpc) is 2.25. The lowest BCUT2D eigenvalue weighted by Crippen LogP contribution is -1.93. The highest BCUT2D eigenvalue weighted by Crippen LogP contribution is 2.06. The lowest BCUT2D eigenvalue weighted by molar-refractivity contribution is 0.101. The molecule has 0 heterocycles. The Morgan fingerprint density at radius 3 is 2.60 bits per heavy atom. The van der Waals surface area contributed by atoms with Gasteiger partial charge < -0.3 is 4.84 Å². The molecule has 0 saturated carbocycles. The number of hydrogen-bond acceptors (Lipinski definition) is 3. The monoisotopic (exact) mass is 205 g/mol. The molecule has 0 amide bonds. The number of rotatable bonds is 5. The Morgan fingerprint density at radius 2 is 2.07 bits per heavy atom. The van der Waals surface area contributed by atoms with Crippen LogP contribution in [0.2, 0.25) is 0 Å². The van der Waals surface area contributed by atoms with Crippen LogP contribution in [0, 0.1) is 0 Å². The van der Waals surface area contributed by atoms with E-state index >= 15 is 0 Å². The van der Waals surface area contributed by atoms with Crippen molar-refractivity contribution in [3.8, 4) is 0 Å². The fourth-order valence-corrected chi connectivity index (χ4v) is 1.26. The van der Waals surface area contributed by atoms with Gasteiger partial charge in [0.05, 0.1) is 0 Å². The lowest BCUT2D eigenvalue weighted by Gasteiger charge is -1.99. The number of Topliss-reactive ketones (excluding diaryl/α,β-unsaturated/α-hetero) is 1. The largest absolute Gasteiger partial charge is 0.399 e. The molecular weight excluding hydrogens is 190 g/mol. The third kappa shape index (κ3) is 3.94. The molecule has 3 nitrogen and oxygen atoms in total. The highest BCUT2D eigenvalue weighted by atomic mass is 16.6. The molecule has 0 bridgehead atoms. The molecular formula is C12H15NO2. The molecule has 80 valence electrons. The number of carbonyl (C=O) groups excluding carboxylic acids is 1. The Balaban J connectivity index is 2.50. The molecule has 0 fully saturated rings. The van der Waals surface area contributed by atoms with E-state index < -0.39 is 0 Å². The standard InChI is InChI=1S/C12H15NO2/c1-10(14)12-7-5-11(6-8-12)4-3-9-13-15-2/h5-9H,3-4H2,1-2H3/b13-9+. The van der Waals surface area contributed by atoms with Gasteiger partial charge in [0.2, 0.25) is 0 Å². The molecule has 0 aliphatic heterocycles. The highest BCUT2D eigenvalue weighted by Gasteiger charge is 1.98.